The van der Waals surface area contributed by atoms with E-state index >= 15 is 0 Å². The Kier molecular flexibility index (Phi) is 4.00. The molecule has 5 rings (SSSR count). The highest BCUT2D eigenvalue weighted by molar-refractivity contribution is 6.20. The lowest BCUT2D eigenvalue weighted by molar-refractivity contribution is 0.0892. The highest BCUT2D eigenvalue weighted by atomic mass is 16.1. The molecule has 1 aliphatic rings. The number of carbonyl (C=O) groups excluding carboxylic acids is 1. The van der Waals surface area contributed by atoms with Gasteiger partial charge in [0, 0.05) is 18.0 Å². The van der Waals surface area contributed by atoms with Gasteiger partial charge in [0.1, 0.15) is 0 Å². The first-order chi connectivity index (χ1) is 14.2. The largest absolute Gasteiger partial charge is 0.293 e. The molecule has 0 fully saturated rings. The summed E-state index contributed by atoms with van der Waals surface area (Å²) in [6.45, 7) is 0. The standard InChI is InChI=1S/C26H18N2O/c27-17-20-5-1-4-19(14-20)16-26(15-18-10-12-28-13-11-18)23-9-3-7-21-6-2-8-22(24(21)23)25(26)29/h1-14H,15-16H2. The van der Waals surface area contributed by atoms with Crippen molar-refractivity contribution in [2.45, 2.75) is 18.3 Å². The van der Waals surface area contributed by atoms with Gasteiger partial charge in [-0.25, -0.2) is 0 Å². The maximum absolute atomic E-state index is 13.9. The SMILES string of the molecule is N#Cc1cccc(CC2(Cc3ccncc3)C(=O)c3cccc4cccc2c34)c1. The number of ketones is 1. The fourth-order valence-electron chi connectivity index (χ4n) is 4.67. The van der Waals surface area contributed by atoms with Crippen LogP contribution in [0.4, 0.5) is 0 Å². The lowest BCUT2D eigenvalue weighted by atomic mass is 9.71. The number of pyridine rings is 1. The van der Waals surface area contributed by atoms with E-state index in [0.717, 1.165) is 33.0 Å². The molecule has 1 aliphatic carbocycles. The third kappa shape index (κ3) is 2.73. The molecule has 0 amide bonds. The second-order valence-corrected chi connectivity index (χ2v) is 7.64. The molecule has 0 radical (unpaired) electrons. The Balaban J connectivity index is 1.73. The van der Waals surface area contributed by atoms with Gasteiger partial charge in [-0.05, 0) is 64.6 Å². The lowest BCUT2D eigenvalue weighted by Crippen LogP contribution is -2.37. The molecule has 29 heavy (non-hydrogen) atoms. The molecule has 0 spiro atoms. The van der Waals surface area contributed by atoms with Crippen molar-refractivity contribution in [1.82, 2.24) is 4.98 Å². The van der Waals surface area contributed by atoms with E-state index in [1.807, 2.05) is 48.5 Å². The second-order valence-electron chi connectivity index (χ2n) is 7.64. The van der Waals surface area contributed by atoms with E-state index in [-0.39, 0.29) is 5.78 Å². The van der Waals surface area contributed by atoms with Crippen molar-refractivity contribution >= 4 is 16.6 Å². The van der Waals surface area contributed by atoms with Gasteiger partial charge >= 0.3 is 0 Å². The van der Waals surface area contributed by atoms with Crippen molar-refractivity contribution in [2.75, 3.05) is 0 Å². The molecule has 3 heteroatoms. The smallest absolute Gasteiger partial charge is 0.174 e. The average Bonchev–Trinajstić information content (AvgIpc) is 2.99. The van der Waals surface area contributed by atoms with E-state index < -0.39 is 5.41 Å². The molecule has 4 aromatic rings. The molecule has 1 unspecified atom stereocenters. The summed E-state index contributed by atoms with van der Waals surface area (Å²) in [5, 5.41) is 11.5. The van der Waals surface area contributed by atoms with Crippen molar-refractivity contribution in [2.24, 2.45) is 0 Å². The Morgan fingerprint density at radius 3 is 2.38 bits per heavy atom. The van der Waals surface area contributed by atoms with Crippen LogP contribution in [-0.4, -0.2) is 10.8 Å². The van der Waals surface area contributed by atoms with Crippen LogP contribution in [0.5, 0.6) is 0 Å². The van der Waals surface area contributed by atoms with Gasteiger partial charge in [-0.3, -0.25) is 9.78 Å². The van der Waals surface area contributed by atoms with E-state index in [1.54, 1.807) is 18.5 Å². The number of nitriles is 1. The van der Waals surface area contributed by atoms with Gasteiger partial charge in [-0.15, -0.1) is 0 Å². The van der Waals surface area contributed by atoms with Crippen LogP contribution in [-0.2, 0) is 18.3 Å². The maximum atomic E-state index is 13.9. The number of carbonyl (C=O) groups is 1. The van der Waals surface area contributed by atoms with E-state index in [0.29, 0.717) is 18.4 Å². The van der Waals surface area contributed by atoms with Crippen LogP contribution in [0.25, 0.3) is 10.8 Å². The van der Waals surface area contributed by atoms with Crippen LogP contribution in [0.2, 0.25) is 0 Å². The molecule has 138 valence electrons. The zero-order valence-electron chi connectivity index (χ0n) is 15.8. The number of rotatable bonds is 4. The summed E-state index contributed by atoms with van der Waals surface area (Å²) in [5.74, 6) is 0.156. The fraction of sp³-hybridized carbons (Fsp3) is 0.115. The molecule has 1 atom stereocenters. The summed E-state index contributed by atoms with van der Waals surface area (Å²) in [4.78, 5) is 18.0. The predicted octanol–water partition coefficient (Wildman–Crippen LogP) is 5.03. The average molecular weight is 374 g/mol. The van der Waals surface area contributed by atoms with Gasteiger partial charge in [0.2, 0.25) is 0 Å². The molecule has 0 aliphatic heterocycles. The first kappa shape index (κ1) is 17.3. The molecule has 0 N–H and O–H groups in total. The molecular formula is C26H18N2O. The Bertz CT molecular complexity index is 1280. The van der Waals surface area contributed by atoms with Crippen molar-refractivity contribution in [3.05, 3.63) is 113 Å². The number of nitrogens with zero attached hydrogens (tertiary/aromatic N) is 2. The van der Waals surface area contributed by atoms with Crippen LogP contribution in [0.1, 0.15) is 32.6 Å². The summed E-state index contributed by atoms with van der Waals surface area (Å²) in [6, 6.07) is 25.9. The number of hydrogen-bond donors (Lipinski definition) is 0. The second kappa shape index (κ2) is 6.68. The summed E-state index contributed by atoms with van der Waals surface area (Å²) in [7, 11) is 0. The van der Waals surface area contributed by atoms with Crippen molar-refractivity contribution < 1.29 is 4.79 Å². The Morgan fingerprint density at radius 2 is 1.59 bits per heavy atom. The molecule has 0 saturated heterocycles. The zero-order chi connectivity index (χ0) is 19.8. The number of hydrogen-bond acceptors (Lipinski definition) is 3. The number of Topliss-reactive ketones (excluding diaryl/α,β-unsaturated/α-hetero) is 1. The topological polar surface area (TPSA) is 53.8 Å². The highest BCUT2D eigenvalue weighted by Gasteiger charge is 2.47. The van der Waals surface area contributed by atoms with Crippen molar-refractivity contribution in [3.63, 3.8) is 0 Å². The monoisotopic (exact) mass is 374 g/mol. The minimum atomic E-state index is -0.696. The summed E-state index contributed by atoms with van der Waals surface area (Å²) in [5.41, 5.74) is 3.87. The normalized spacial score (nSPS) is 17.4. The van der Waals surface area contributed by atoms with Crippen LogP contribution >= 0.6 is 0 Å². The minimum Gasteiger partial charge on any atom is -0.293 e. The molecule has 3 aromatic carbocycles. The summed E-state index contributed by atoms with van der Waals surface area (Å²) < 4.78 is 0. The van der Waals surface area contributed by atoms with Crippen molar-refractivity contribution in [3.8, 4) is 6.07 Å². The first-order valence-electron chi connectivity index (χ1n) is 9.66. The van der Waals surface area contributed by atoms with E-state index in [1.165, 1.54) is 0 Å². The van der Waals surface area contributed by atoms with Crippen LogP contribution in [0.15, 0.2) is 85.2 Å². The van der Waals surface area contributed by atoms with Crippen LogP contribution < -0.4 is 0 Å². The maximum Gasteiger partial charge on any atom is 0.174 e. The molecule has 3 nitrogen and oxygen atoms in total. The van der Waals surface area contributed by atoms with E-state index in [9.17, 15) is 10.1 Å². The molecule has 0 bridgehead atoms. The first-order valence-corrected chi connectivity index (χ1v) is 9.66. The van der Waals surface area contributed by atoms with E-state index in [4.69, 9.17) is 0 Å². The predicted molar refractivity (Wildman–Crippen MR) is 113 cm³/mol. The molecular weight excluding hydrogens is 356 g/mol. The van der Waals surface area contributed by atoms with Gasteiger partial charge in [0.15, 0.2) is 5.78 Å². The Morgan fingerprint density at radius 1 is 0.862 bits per heavy atom. The number of benzene rings is 3. The van der Waals surface area contributed by atoms with Crippen molar-refractivity contribution in [1.29, 1.82) is 5.26 Å². The Hall–Kier alpha value is -3.77. The summed E-state index contributed by atoms with van der Waals surface area (Å²) >= 11 is 0. The molecule has 0 saturated carbocycles. The van der Waals surface area contributed by atoms with E-state index in [2.05, 4.69) is 29.3 Å². The highest BCUT2D eigenvalue weighted by Crippen LogP contribution is 2.46. The minimum absolute atomic E-state index is 0.156. The fourth-order valence-corrected chi connectivity index (χ4v) is 4.67. The van der Waals surface area contributed by atoms with Gasteiger partial charge in [-0.2, -0.15) is 5.26 Å². The van der Waals surface area contributed by atoms with Gasteiger partial charge in [0.05, 0.1) is 17.0 Å². The van der Waals surface area contributed by atoms with Gasteiger partial charge < -0.3 is 0 Å². The molecule has 1 aromatic heterocycles. The third-order valence-electron chi connectivity index (χ3n) is 5.92. The third-order valence-corrected chi connectivity index (χ3v) is 5.92. The summed E-state index contributed by atoms with van der Waals surface area (Å²) in [6.07, 6.45) is 4.69. The zero-order valence-corrected chi connectivity index (χ0v) is 15.8. The lowest BCUT2D eigenvalue weighted by Gasteiger charge is -2.30. The number of aromatic nitrogens is 1. The van der Waals surface area contributed by atoms with Crippen LogP contribution in [0.3, 0.4) is 0 Å². The quantitative estimate of drug-likeness (QED) is 0.504. The van der Waals surface area contributed by atoms with Crippen LogP contribution in [0, 0.1) is 11.3 Å². The Labute approximate surface area is 169 Å². The molecule has 1 heterocycles. The van der Waals surface area contributed by atoms with Gasteiger partial charge in [0.25, 0.3) is 0 Å². The van der Waals surface area contributed by atoms with Gasteiger partial charge in [-0.1, -0.05) is 48.5 Å².